The zero-order chi connectivity index (χ0) is 18.9. The summed E-state index contributed by atoms with van der Waals surface area (Å²) in [5, 5.41) is 3.86. The quantitative estimate of drug-likeness (QED) is 0.253. The second kappa shape index (κ2) is 10.4. The molecule has 1 saturated heterocycles. The minimum atomic E-state index is -0.419. The van der Waals surface area contributed by atoms with Crippen molar-refractivity contribution in [2.75, 3.05) is 26.3 Å². The zero-order valence-corrected chi connectivity index (χ0v) is 16.1. The van der Waals surface area contributed by atoms with Gasteiger partial charge in [0.1, 0.15) is 6.23 Å². The Bertz CT molecular complexity index is 547. The van der Waals surface area contributed by atoms with E-state index in [1.807, 2.05) is 18.0 Å². The van der Waals surface area contributed by atoms with E-state index in [2.05, 4.69) is 23.9 Å². The van der Waals surface area contributed by atoms with Gasteiger partial charge in [0.2, 0.25) is 0 Å². The lowest BCUT2D eigenvalue weighted by molar-refractivity contribution is -0.0580. The number of unbranched alkanes of at least 4 members (excludes halogenated alkanes) is 2. The number of hydrogen-bond donors (Lipinski definition) is 0. The summed E-state index contributed by atoms with van der Waals surface area (Å²) < 4.78 is 11.7. The van der Waals surface area contributed by atoms with Crippen molar-refractivity contribution in [3.63, 3.8) is 0 Å². The van der Waals surface area contributed by atoms with Crippen molar-refractivity contribution in [2.24, 2.45) is 5.11 Å². The molecule has 2 heterocycles. The Kier molecular flexibility index (Phi) is 8.22. The Hall–Kier alpha value is -1.76. The van der Waals surface area contributed by atoms with Crippen molar-refractivity contribution < 1.29 is 14.3 Å². The number of nitrogens with zero attached hydrogens (tertiary/aromatic N) is 5. The average molecular weight is 365 g/mol. The van der Waals surface area contributed by atoms with Gasteiger partial charge in [0.05, 0.1) is 18.8 Å². The zero-order valence-electron chi connectivity index (χ0n) is 16.1. The fraction of sp³-hybridized carbons (Fsp3) is 0.833. The van der Waals surface area contributed by atoms with E-state index in [9.17, 15) is 4.79 Å². The lowest BCUT2D eigenvalue weighted by atomic mass is 10.1. The van der Waals surface area contributed by atoms with Crippen LogP contribution in [-0.2, 0) is 9.47 Å². The molecule has 2 aliphatic rings. The highest BCUT2D eigenvalue weighted by Crippen LogP contribution is 2.29. The minimum absolute atomic E-state index is 0.0405. The topological polar surface area (TPSA) is 90.8 Å². The molecule has 8 nitrogen and oxygen atoms in total. The number of carbonyl (C=O) groups is 1. The van der Waals surface area contributed by atoms with E-state index in [0.717, 1.165) is 37.8 Å². The molecule has 0 saturated carbocycles. The number of ether oxygens (including phenoxy) is 2. The highest BCUT2D eigenvalue weighted by molar-refractivity contribution is 5.77. The Balaban J connectivity index is 2.03. The largest absolute Gasteiger partial charge is 0.379 e. The summed E-state index contributed by atoms with van der Waals surface area (Å²) in [6.07, 6.45) is 5.69. The summed E-state index contributed by atoms with van der Waals surface area (Å²) >= 11 is 0. The van der Waals surface area contributed by atoms with Gasteiger partial charge in [0, 0.05) is 37.2 Å². The second-order valence-electron chi connectivity index (χ2n) is 7.01. The first kappa shape index (κ1) is 20.6. The first-order valence-electron chi connectivity index (χ1n) is 9.62. The van der Waals surface area contributed by atoms with E-state index in [0.29, 0.717) is 26.2 Å². The molecule has 0 aromatic heterocycles. The summed E-state index contributed by atoms with van der Waals surface area (Å²) in [5.74, 6) is 0. The fourth-order valence-corrected chi connectivity index (χ4v) is 3.27. The normalized spacial score (nSPS) is 26.0. The Morgan fingerprint density at radius 2 is 2.15 bits per heavy atom. The minimum Gasteiger partial charge on any atom is -0.379 e. The predicted molar refractivity (Wildman–Crippen MR) is 99.4 cm³/mol. The molecule has 3 atom stereocenters. The van der Waals surface area contributed by atoms with Gasteiger partial charge in [-0.15, -0.1) is 0 Å². The van der Waals surface area contributed by atoms with Crippen molar-refractivity contribution in [1.29, 1.82) is 0 Å². The van der Waals surface area contributed by atoms with Crippen LogP contribution < -0.4 is 0 Å². The van der Waals surface area contributed by atoms with Gasteiger partial charge in [-0.25, -0.2) is 4.79 Å². The molecule has 1 fully saturated rings. The second-order valence-corrected chi connectivity index (χ2v) is 7.01. The first-order chi connectivity index (χ1) is 12.6. The number of carbonyl (C=O) groups excluding carboxylic acids is 1. The molecular formula is C18H31N5O3. The average Bonchev–Trinajstić information content (AvgIpc) is 3.02. The van der Waals surface area contributed by atoms with Gasteiger partial charge in [-0.2, -0.15) is 0 Å². The third-order valence-corrected chi connectivity index (χ3v) is 4.71. The van der Waals surface area contributed by atoms with Crippen molar-refractivity contribution >= 4 is 6.03 Å². The molecule has 2 rings (SSSR count). The van der Waals surface area contributed by atoms with Crippen LogP contribution in [-0.4, -0.2) is 60.5 Å². The molecule has 8 heteroatoms. The van der Waals surface area contributed by atoms with Gasteiger partial charge in [-0.1, -0.05) is 31.8 Å². The van der Waals surface area contributed by atoms with Gasteiger partial charge >= 0.3 is 6.03 Å². The molecule has 1 unspecified atom stereocenters. The summed E-state index contributed by atoms with van der Waals surface area (Å²) in [6.45, 7) is 8.68. The monoisotopic (exact) mass is 365 g/mol. The van der Waals surface area contributed by atoms with Gasteiger partial charge in [-0.05, 0) is 30.9 Å². The molecule has 0 aromatic carbocycles. The SMILES string of the molecule is CCCCOC[C@H]1O[C@@H](N2C=C(C)CN(CCCC)C2=O)CC1N=[N+]=[N-]. The van der Waals surface area contributed by atoms with E-state index in [4.69, 9.17) is 15.0 Å². The summed E-state index contributed by atoms with van der Waals surface area (Å²) in [6, 6.07) is -0.361. The number of urea groups is 1. The lowest BCUT2D eigenvalue weighted by Gasteiger charge is -2.36. The Morgan fingerprint density at radius 3 is 2.85 bits per heavy atom. The van der Waals surface area contributed by atoms with Gasteiger partial charge in [0.25, 0.3) is 0 Å². The molecular weight excluding hydrogens is 334 g/mol. The third kappa shape index (κ3) is 5.37. The predicted octanol–water partition coefficient (Wildman–Crippen LogP) is 4.04. The lowest BCUT2D eigenvalue weighted by Crippen LogP contribution is -2.49. The van der Waals surface area contributed by atoms with Crippen LogP contribution in [0.1, 0.15) is 52.9 Å². The van der Waals surface area contributed by atoms with Crippen LogP contribution in [0.15, 0.2) is 16.9 Å². The molecule has 0 N–H and O–H groups in total. The first-order valence-corrected chi connectivity index (χ1v) is 9.62. The van der Waals surface area contributed by atoms with Crippen LogP contribution in [0.25, 0.3) is 10.4 Å². The van der Waals surface area contributed by atoms with Gasteiger partial charge in [0.15, 0.2) is 0 Å². The number of rotatable bonds is 10. The van der Waals surface area contributed by atoms with Crippen LogP contribution in [0, 0.1) is 0 Å². The standard InChI is InChI=1S/C18H31N5O3/c1-4-6-8-22-11-14(3)12-23(18(22)24)17-10-15(20-21-19)16(26-17)13-25-9-7-5-2/h12,15-17H,4-11,13H2,1-3H3/t15?,16-,17-/m1/s1. The smallest absolute Gasteiger partial charge is 0.326 e. The van der Waals surface area contributed by atoms with E-state index >= 15 is 0 Å². The van der Waals surface area contributed by atoms with Crippen molar-refractivity contribution in [1.82, 2.24) is 9.80 Å². The molecule has 0 aromatic rings. The highest BCUT2D eigenvalue weighted by atomic mass is 16.6. The van der Waals surface area contributed by atoms with Crippen LogP contribution in [0.4, 0.5) is 4.79 Å². The molecule has 2 amide bonds. The van der Waals surface area contributed by atoms with Crippen molar-refractivity contribution in [2.45, 2.75) is 71.2 Å². The van der Waals surface area contributed by atoms with E-state index in [1.54, 1.807) is 4.90 Å². The molecule has 0 spiro atoms. The van der Waals surface area contributed by atoms with E-state index < -0.39 is 6.23 Å². The Labute approximate surface area is 155 Å². The fourth-order valence-electron chi connectivity index (χ4n) is 3.27. The van der Waals surface area contributed by atoms with Gasteiger partial charge < -0.3 is 14.4 Å². The summed E-state index contributed by atoms with van der Waals surface area (Å²) in [4.78, 5) is 19.3. The summed E-state index contributed by atoms with van der Waals surface area (Å²) in [5.41, 5.74) is 9.96. The number of amides is 2. The number of azide groups is 1. The molecule has 0 radical (unpaired) electrons. The third-order valence-electron chi connectivity index (χ3n) is 4.71. The number of hydrogen-bond acceptors (Lipinski definition) is 4. The maximum Gasteiger partial charge on any atom is 0.326 e. The van der Waals surface area contributed by atoms with Crippen molar-refractivity contribution in [3.8, 4) is 0 Å². The molecule has 0 aliphatic carbocycles. The highest BCUT2D eigenvalue weighted by Gasteiger charge is 2.41. The van der Waals surface area contributed by atoms with Crippen LogP contribution in [0.5, 0.6) is 0 Å². The van der Waals surface area contributed by atoms with Crippen LogP contribution in [0.2, 0.25) is 0 Å². The van der Waals surface area contributed by atoms with Crippen molar-refractivity contribution in [3.05, 3.63) is 22.2 Å². The Morgan fingerprint density at radius 1 is 1.38 bits per heavy atom. The van der Waals surface area contributed by atoms with Crippen LogP contribution >= 0.6 is 0 Å². The van der Waals surface area contributed by atoms with Gasteiger partial charge in [-0.3, -0.25) is 4.90 Å². The van der Waals surface area contributed by atoms with Crippen LogP contribution in [0.3, 0.4) is 0 Å². The maximum atomic E-state index is 12.8. The molecule has 0 bridgehead atoms. The van der Waals surface area contributed by atoms with E-state index in [1.165, 1.54) is 0 Å². The summed E-state index contributed by atoms with van der Waals surface area (Å²) in [7, 11) is 0. The maximum absolute atomic E-state index is 12.8. The van der Waals surface area contributed by atoms with E-state index in [-0.39, 0.29) is 18.2 Å². The molecule has 26 heavy (non-hydrogen) atoms. The molecule has 2 aliphatic heterocycles. The molecule has 146 valence electrons.